The highest BCUT2D eigenvalue weighted by Gasteiger charge is 2.39. The molecule has 6 aromatic rings. The van der Waals surface area contributed by atoms with Gasteiger partial charge in [0.2, 0.25) is 11.8 Å². The minimum absolute atomic E-state index is 0.135. The second-order valence-electron chi connectivity index (χ2n) is 16.4. The molecule has 4 atom stereocenters. The van der Waals surface area contributed by atoms with Crippen molar-refractivity contribution >= 4 is 45.6 Å². The van der Waals surface area contributed by atoms with Crippen LogP contribution in [0.5, 0.6) is 0 Å². The van der Waals surface area contributed by atoms with Crippen LogP contribution >= 0.6 is 0 Å². The van der Waals surface area contributed by atoms with Crippen LogP contribution in [0.2, 0.25) is 0 Å². The molecule has 0 bridgehead atoms. The molecule has 4 aromatic carbocycles. The number of benzene rings is 4. The van der Waals surface area contributed by atoms with Crippen LogP contribution in [0.25, 0.3) is 44.2 Å². The van der Waals surface area contributed by atoms with Crippen molar-refractivity contribution in [1.82, 2.24) is 45.3 Å². The molecule has 64 heavy (non-hydrogen) atoms. The number of rotatable bonds is 17. The van der Waals surface area contributed by atoms with Gasteiger partial charge in [-0.15, -0.1) is 6.58 Å². The number of carbonyl (C=O) groups is 4. The van der Waals surface area contributed by atoms with Crippen LogP contribution in [0.4, 0.5) is 4.79 Å². The number of nitrogens with zero attached hydrogens (tertiary/aromatic N) is 5. The molecule has 1 aliphatic heterocycles. The molecule has 4 N–H and O–H groups in total. The minimum atomic E-state index is -0.856. The van der Waals surface area contributed by atoms with Gasteiger partial charge in [-0.3, -0.25) is 14.4 Å². The summed E-state index contributed by atoms with van der Waals surface area (Å²) >= 11 is 0. The van der Waals surface area contributed by atoms with Crippen LogP contribution in [0, 0.1) is 5.92 Å². The van der Waals surface area contributed by atoms with E-state index in [0.717, 1.165) is 49.8 Å². The van der Waals surface area contributed by atoms with Crippen molar-refractivity contribution in [3.63, 3.8) is 0 Å². The lowest BCUT2D eigenvalue weighted by atomic mass is 9.99. The highest BCUT2D eigenvalue weighted by Crippen LogP contribution is 2.37. The molecule has 7 rings (SSSR count). The van der Waals surface area contributed by atoms with Crippen molar-refractivity contribution in [2.24, 2.45) is 5.92 Å². The molecule has 4 amide bonds. The Labute approximate surface area is 372 Å². The molecule has 1 aliphatic rings. The first-order valence-electron chi connectivity index (χ1n) is 21.2. The van der Waals surface area contributed by atoms with Gasteiger partial charge in [0.25, 0.3) is 5.91 Å². The average molecular weight is 866 g/mol. The number of likely N-dealkylation sites (N-methyl/N-ethyl adjacent to an activating group) is 1. The number of likely N-dealkylation sites (tertiary alicyclic amines) is 1. The molecule has 2 aromatic heterocycles. The fourth-order valence-electron chi connectivity index (χ4n) is 8.18. The summed E-state index contributed by atoms with van der Waals surface area (Å²) in [6.07, 6.45) is 3.46. The number of imidazole rings is 2. The van der Waals surface area contributed by atoms with Gasteiger partial charge in [0.1, 0.15) is 29.8 Å². The van der Waals surface area contributed by atoms with Crippen molar-refractivity contribution in [2.75, 3.05) is 54.6 Å². The summed E-state index contributed by atoms with van der Waals surface area (Å²) < 4.78 is 10.1. The highest BCUT2D eigenvalue weighted by molar-refractivity contribution is 6.05. The number of aromatic amines is 2. The van der Waals surface area contributed by atoms with E-state index in [1.165, 1.54) is 7.11 Å². The zero-order valence-electron chi connectivity index (χ0n) is 36.9. The third-order valence-corrected chi connectivity index (χ3v) is 11.4. The number of hydrogen-bond acceptors (Lipinski definition) is 9. The van der Waals surface area contributed by atoms with E-state index in [0.29, 0.717) is 43.3 Å². The molecule has 1 fully saturated rings. The van der Waals surface area contributed by atoms with E-state index in [9.17, 15) is 19.2 Å². The summed E-state index contributed by atoms with van der Waals surface area (Å²) in [5, 5.41) is 7.52. The summed E-state index contributed by atoms with van der Waals surface area (Å²) in [6.45, 7) is 11.3. The molecule has 0 radical (unpaired) electrons. The summed E-state index contributed by atoms with van der Waals surface area (Å²) in [5.41, 5.74) is 6.98. The second kappa shape index (κ2) is 19.9. The third kappa shape index (κ3) is 10.1. The molecular weight excluding hydrogens is 811 g/mol. The van der Waals surface area contributed by atoms with Crippen LogP contribution in [0.1, 0.15) is 42.6 Å². The van der Waals surface area contributed by atoms with Crippen molar-refractivity contribution in [3.8, 4) is 22.4 Å². The van der Waals surface area contributed by atoms with Crippen LogP contribution in [-0.2, 0) is 30.4 Å². The van der Waals surface area contributed by atoms with Gasteiger partial charge in [-0.2, -0.15) is 0 Å². The molecule has 15 nitrogen and oxygen atoms in total. The van der Waals surface area contributed by atoms with E-state index in [4.69, 9.17) is 19.4 Å². The molecule has 3 heterocycles. The SMILES string of the molecule is C=C[C@H](COC)CN(Cc1nc2ccc3cc(-c4ccc(-c5cnc([C@@H]6C(=C)CCN6C(=O)[C@H](NC(=O)CN(C)C)c6ccccc6)[nH]5)cc4)ccc3c2[nH]1)C(=O)[C@H](C)NC(=O)OC. The number of H-pyrrole nitrogens is 2. The molecular formula is C49H55N9O6. The van der Waals surface area contributed by atoms with Crippen LogP contribution in [-0.4, -0.2) is 119 Å². The molecule has 0 spiro atoms. The first-order valence-corrected chi connectivity index (χ1v) is 21.2. The average Bonchev–Trinajstić information content (AvgIpc) is 4.05. The van der Waals surface area contributed by atoms with Crippen molar-refractivity contribution in [3.05, 3.63) is 133 Å². The maximum Gasteiger partial charge on any atom is 0.407 e. The Kier molecular flexibility index (Phi) is 14.0. The van der Waals surface area contributed by atoms with Gasteiger partial charge < -0.3 is 44.8 Å². The molecule has 0 aliphatic carbocycles. The lowest BCUT2D eigenvalue weighted by Crippen LogP contribution is -2.48. The van der Waals surface area contributed by atoms with Crippen molar-refractivity contribution in [1.29, 1.82) is 0 Å². The Morgan fingerprint density at radius 1 is 0.953 bits per heavy atom. The maximum atomic E-state index is 14.2. The fourth-order valence-corrected chi connectivity index (χ4v) is 8.18. The Morgan fingerprint density at radius 3 is 2.39 bits per heavy atom. The van der Waals surface area contributed by atoms with Gasteiger partial charge in [0.05, 0.1) is 49.7 Å². The molecule has 15 heteroatoms. The van der Waals surface area contributed by atoms with Gasteiger partial charge in [-0.1, -0.05) is 85.5 Å². The van der Waals surface area contributed by atoms with Crippen LogP contribution in [0.3, 0.4) is 0 Å². The Balaban J connectivity index is 1.08. The van der Waals surface area contributed by atoms with Gasteiger partial charge in [-0.05, 0) is 72.8 Å². The largest absolute Gasteiger partial charge is 0.453 e. The number of nitrogens with one attached hydrogen (secondary N) is 4. The first kappa shape index (κ1) is 44.9. The Hall–Kier alpha value is -7.10. The van der Waals surface area contributed by atoms with E-state index >= 15 is 0 Å². The number of methoxy groups -OCH3 is 2. The maximum absolute atomic E-state index is 14.2. The number of ether oxygens (including phenoxy) is 2. The number of hydrogen-bond donors (Lipinski definition) is 4. The summed E-state index contributed by atoms with van der Waals surface area (Å²) in [4.78, 5) is 74.3. The highest BCUT2D eigenvalue weighted by atomic mass is 16.5. The zero-order chi connectivity index (χ0) is 45.5. The number of alkyl carbamates (subject to hydrolysis) is 1. The lowest BCUT2D eigenvalue weighted by molar-refractivity contribution is -0.137. The summed E-state index contributed by atoms with van der Waals surface area (Å²) in [6, 6.07) is 25.6. The van der Waals surface area contributed by atoms with Crippen molar-refractivity contribution in [2.45, 2.75) is 38.0 Å². The quantitative estimate of drug-likeness (QED) is 0.0742. The summed E-state index contributed by atoms with van der Waals surface area (Å²) in [7, 11) is 6.47. The zero-order valence-corrected chi connectivity index (χ0v) is 36.9. The predicted octanol–water partition coefficient (Wildman–Crippen LogP) is 6.54. The standard InChI is InChI=1S/C49H55N9O6/c1-8-32(29-63-6)26-57(47(60)31(3)51-49(62)64-7)27-41-52-39-21-19-37-24-36(18-20-38(37)44(39)54-41)33-14-16-34(17-15-33)40-25-50-46(53-40)45-30(2)22-23-58(45)48(61)43(35-12-10-9-11-13-35)55-42(59)28-56(4)5/h8-21,24-25,31-32,43,45H,1-2,22-23,26-29H2,3-7H3,(H,50,53)(H,51,62)(H,52,54)(H,55,59)/t31-,32-,43+,45-/m0/s1. The van der Waals surface area contributed by atoms with E-state index in [1.807, 2.05) is 68.7 Å². The van der Waals surface area contributed by atoms with E-state index in [2.05, 4.69) is 64.1 Å². The monoisotopic (exact) mass is 865 g/mol. The fraction of sp³-hybridized carbons (Fsp3) is 0.306. The number of fused-ring (bicyclic) bond motifs is 3. The molecule has 1 saturated heterocycles. The first-order chi connectivity index (χ1) is 30.9. The number of aromatic nitrogens is 4. The Bertz CT molecular complexity index is 2660. The normalized spacial score (nSPS) is 15.2. The van der Waals surface area contributed by atoms with E-state index in [1.54, 1.807) is 41.0 Å². The van der Waals surface area contributed by atoms with Crippen LogP contribution in [0.15, 0.2) is 116 Å². The predicted molar refractivity (Wildman–Crippen MR) is 247 cm³/mol. The number of carbonyl (C=O) groups excluding carboxylic acids is 4. The minimum Gasteiger partial charge on any atom is -0.453 e. The van der Waals surface area contributed by atoms with Crippen LogP contribution < -0.4 is 10.6 Å². The van der Waals surface area contributed by atoms with Gasteiger partial charge >= 0.3 is 6.09 Å². The summed E-state index contributed by atoms with van der Waals surface area (Å²) in [5.74, 6) is 0.317. The van der Waals surface area contributed by atoms with Crippen molar-refractivity contribution < 1.29 is 28.7 Å². The second-order valence-corrected chi connectivity index (χ2v) is 16.4. The lowest BCUT2D eigenvalue weighted by Gasteiger charge is -2.29. The topological polar surface area (TPSA) is 178 Å². The van der Waals surface area contributed by atoms with Gasteiger partial charge in [-0.25, -0.2) is 14.8 Å². The molecule has 0 saturated carbocycles. The smallest absolute Gasteiger partial charge is 0.407 e. The molecule has 332 valence electrons. The van der Waals surface area contributed by atoms with E-state index in [-0.39, 0.29) is 36.7 Å². The third-order valence-electron chi connectivity index (χ3n) is 11.4. The van der Waals surface area contributed by atoms with Gasteiger partial charge in [0.15, 0.2) is 0 Å². The van der Waals surface area contributed by atoms with Gasteiger partial charge in [0, 0.05) is 31.5 Å². The number of amides is 4. The van der Waals surface area contributed by atoms with E-state index < -0.39 is 24.2 Å². The Morgan fingerprint density at radius 2 is 1.69 bits per heavy atom. The molecule has 0 unspecified atom stereocenters.